The van der Waals surface area contributed by atoms with E-state index in [0.29, 0.717) is 17.2 Å². The van der Waals surface area contributed by atoms with Crippen molar-refractivity contribution >= 4 is 34.5 Å². The highest BCUT2D eigenvalue weighted by molar-refractivity contribution is 6.29. The van der Waals surface area contributed by atoms with E-state index in [9.17, 15) is 13.2 Å². The van der Waals surface area contributed by atoms with Gasteiger partial charge in [-0.3, -0.25) is 5.43 Å². The number of hydrogen-bond donors (Lipinski definition) is 2. The van der Waals surface area contributed by atoms with E-state index in [1.807, 2.05) is 0 Å². The Morgan fingerprint density at radius 3 is 2.26 bits per heavy atom. The highest BCUT2D eigenvalue weighted by Crippen LogP contribution is 2.31. The fourth-order valence-electron chi connectivity index (χ4n) is 2.39. The van der Waals surface area contributed by atoms with Crippen molar-refractivity contribution in [3.05, 3.63) is 41.0 Å². The number of anilines is 3. The molecule has 0 spiro atoms. The molecule has 1 aromatic carbocycles. The second-order valence-electron chi connectivity index (χ2n) is 5.92. The molecule has 146 valence electrons. The Morgan fingerprint density at radius 2 is 1.70 bits per heavy atom. The second kappa shape index (κ2) is 9.55. The zero-order valence-corrected chi connectivity index (χ0v) is 15.8. The third-order valence-corrected chi connectivity index (χ3v) is 3.84. The minimum Gasteiger partial charge on any atom is -0.352 e. The van der Waals surface area contributed by atoms with Crippen molar-refractivity contribution in [2.75, 3.05) is 10.7 Å². The van der Waals surface area contributed by atoms with Crippen molar-refractivity contribution in [1.82, 2.24) is 10.2 Å². The molecule has 1 aromatic heterocycles. The zero-order valence-electron chi connectivity index (χ0n) is 15.1. The van der Waals surface area contributed by atoms with Crippen LogP contribution in [0.15, 0.2) is 35.4 Å². The van der Waals surface area contributed by atoms with E-state index in [4.69, 9.17) is 11.6 Å². The van der Waals surface area contributed by atoms with Crippen LogP contribution in [0.2, 0.25) is 5.15 Å². The number of halogens is 4. The molecule has 2 aromatic rings. The monoisotopic (exact) mass is 399 g/mol. The summed E-state index contributed by atoms with van der Waals surface area (Å²) in [5.74, 6) is 0.337. The molecule has 0 amide bonds. The van der Waals surface area contributed by atoms with Gasteiger partial charge in [0.1, 0.15) is 0 Å². The SMILES string of the molecule is CCCC(CCC)=NNc1nnc(Cl)cc1Nc1ccc(C(F)(F)F)cc1. The van der Waals surface area contributed by atoms with Gasteiger partial charge in [-0.1, -0.05) is 38.3 Å². The Kier molecular flexibility index (Phi) is 7.41. The third-order valence-electron chi connectivity index (χ3n) is 3.65. The number of hydrogen-bond acceptors (Lipinski definition) is 5. The Labute approximate surface area is 161 Å². The molecule has 5 nitrogen and oxygen atoms in total. The van der Waals surface area contributed by atoms with Crippen LogP contribution in [0.3, 0.4) is 0 Å². The molecule has 0 saturated heterocycles. The van der Waals surface area contributed by atoms with Gasteiger partial charge in [-0.25, -0.2) is 0 Å². The fraction of sp³-hybridized carbons (Fsp3) is 0.389. The maximum atomic E-state index is 12.7. The molecular formula is C18H21ClF3N5. The summed E-state index contributed by atoms with van der Waals surface area (Å²) in [6.45, 7) is 4.15. The van der Waals surface area contributed by atoms with Crippen molar-refractivity contribution < 1.29 is 13.2 Å². The molecular weight excluding hydrogens is 379 g/mol. The summed E-state index contributed by atoms with van der Waals surface area (Å²) >= 11 is 5.90. The molecule has 27 heavy (non-hydrogen) atoms. The number of hydrazone groups is 1. The summed E-state index contributed by atoms with van der Waals surface area (Å²) in [6.07, 6.45) is -0.698. The van der Waals surface area contributed by atoms with Crippen LogP contribution >= 0.6 is 11.6 Å². The van der Waals surface area contributed by atoms with Gasteiger partial charge in [0.05, 0.1) is 11.3 Å². The Morgan fingerprint density at radius 1 is 1.07 bits per heavy atom. The molecule has 0 atom stereocenters. The van der Waals surface area contributed by atoms with E-state index in [-0.39, 0.29) is 5.15 Å². The summed E-state index contributed by atoms with van der Waals surface area (Å²) in [5.41, 5.74) is 4.10. The normalized spacial score (nSPS) is 11.2. The number of nitrogens with zero attached hydrogens (tertiary/aromatic N) is 3. The molecule has 0 aliphatic heterocycles. The molecule has 1 heterocycles. The summed E-state index contributed by atoms with van der Waals surface area (Å²) in [6, 6.07) is 6.21. The van der Waals surface area contributed by atoms with Gasteiger partial charge in [-0.15, -0.1) is 10.2 Å². The van der Waals surface area contributed by atoms with Crippen LogP contribution in [0.25, 0.3) is 0 Å². The van der Waals surface area contributed by atoms with Gasteiger partial charge in [0.2, 0.25) is 0 Å². The fourth-order valence-corrected chi connectivity index (χ4v) is 2.54. The molecule has 2 rings (SSSR count). The lowest BCUT2D eigenvalue weighted by atomic mass is 10.1. The summed E-state index contributed by atoms with van der Waals surface area (Å²) in [4.78, 5) is 0. The number of benzene rings is 1. The Hall–Kier alpha value is -2.35. The topological polar surface area (TPSA) is 62.2 Å². The Bertz CT molecular complexity index is 768. The van der Waals surface area contributed by atoms with Gasteiger partial charge in [-0.2, -0.15) is 18.3 Å². The lowest BCUT2D eigenvalue weighted by Crippen LogP contribution is -2.06. The van der Waals surface area contributed by atoms with Crippen LogP contribution < -0.4 is 10.7 Å². The van der Waals surface area contributed by atoms with Crippen LogP contribution in [-0.4, -0.2) is 15.9 Å². The average molecular weight is 400 g/mol. The van der Waals surface area contributed by atoms with Crippen LogP contribution in [0.4, 0.5) is 30.4 Å². The summed E-state index contributed by atoms with van der Waals surface area (Å²) in [7, 11) is 0. The molecule has 2 N–H and O–H groups in total. The van der Waals surface area contributed by atoms with Gasteiger partial charge >= 0.3 is 6.18 Å². The van der Waals surface area contributed by atoms with Crippen molar-refractivity contribution in [3.63, 3.8) is 0 Å². The lowest BCUT2D eigenvalue weighted by Gasteiger charge is -2.12. The largest absolute Gasteiger partial charge is 0.416 e. The van der Waals surface area contributed by atoms with E-state index in [0.717, 1.165) is 43.5 Å². The molecule has 0 radical (unpaired) electrons. The smallest absolute Gasteiger partial charge is 0.352 e. The molecule has 0 fully saturated rings. The predicted molar refractivity (Wildman–Crippen MR) is 103 cm³/mol. The maximum absolute atomic E-state index is 12.7. The van der Waals surface area contributed by atoms with E-state index in [2.05, 4.69) is 39.9 Å². The van der Waals surface area contributed by atoms with Gasteiger partial charge in [0.15, 0.2) is 11.0 Å². The Balaban J connectivity index is 2.21. The van der Waals surface area contributed by atoms with Crippen LogP contribution in [0.1, 0.15) is 45.1 Å². The quantitative estimate of drug-likeness (QED) is 0.406. The molecule has 0 saturated carbocycles. The van der Waals surface area contributed by atoms with Gasteiger partial charge in [-0.05, 0) is 37.1 Å². The first-order chi connectivity index (χ1) is 12.8. The lowest BCUT2D eigenvalue weighted by molar-refractivity contribution is -0.137. The third kappa shape index (κ3) is 6.39. The van der Waals surface area contributed by atoms with E-state index >= 15 is 0 Å². The predicted octanol–water partition coefficient (Wildman–Crippen LogP) is 6.26. The molecule has 0 aliphatic rings. The summed E-state index contributed by atoms with van der Waals surface area (Å²) in [5, 5.41) is 15.3. The average Bonchev–Trinajstić information content (AvgIpc) is 2.61. The van der Waals surface area contributed by atoms with Gasteiger partial charge < -0.3 is 5.32 Å². The first kappa shape index (κ1) is 21.0. The first-order valence-electron chi connectivity index (χ1n) is 8.62. The highest BCUT2D eigenvalue weighted by atomic mass is 35.5. The molecule has 9 heteroatoms. The number of rotatable bonds is 8. The van der Waals surface area contributed by atoms with Gasteiger partial charge in [0.25, 0.3) is 0 Å². The maximum Gasteiger partial charge on any atom is 0.416 e. The van der Waals surface area contributed by atoms with E-state index in [1.54, 1.807) is 0 Å². The molecule has 0 aliphatic carbocycles. The van der Waals surface area contributed by atoms with Crippen LogP contribution in [-0.2, 0) is 6.18 Å². The van der Waals surface area contributed by atoms with E-state index in [1.165, 1.54) is 18.2 Å². The second-order valence-corrected chi connectivity index (χ2v) is 6.31. The highest BCUT2D eigenvalue weighted by Gasteiger charge is 2.29. The van der Waals surface area contributed by atoms with Crippen molar-refractivity contribution in [1.29, 1.82) is 0 Å². The van der Waals surface area contributed by atoms with Crippen molar-refractivity contribution in [2.24, 2.45) is 5.10 Å². The molecule has 0 bridgehead atoms. The van der Waals surface area contributed by atoms with Gasteiger partial charge in [0, 0.05) is 17.5 Å². The minimum absolute atomic E-state index is 0.154. The van der Waals surface area contributed by atoms with Crippen molar-refractivity contribution in [3.8, 4) is 0 Å². The molecule has 0 unspecified atom stereocenters. The minimum atomic E-state index is -4.38. The summed E-state index contributed by atoms with van der Waals surface area (Å²) < 4.78 is 38.1. The van der Waals surface area contributed by atoms with Crippen LogP contribution in [0, 0.1) is 0 Å². The van der Waals surface area contributed by atoms with E-state index < -0.39 is 11.7 Å². The first-order valence-corrected chi connectivity index (χ1v) is 9.00. The number of aromatic nitrogens is 2. The van der Waals surface area contributed by atoms with Crippen molar-refractivity contribution in [2.45, 2.75) is 45.7 Å². The number of nitrogens with one attached hydrogen (secondary N) is 2. The standard InChI is InChI=1S/C18H21ClF3N5/c1-3-5-14(6-4-2)24-26-17-15(11-16(19)25-27-17)23-13-9-7-12(8-10-13)18(20,21)22/h7-11H,3-6H2,1-2H3,(H,23,25)(H,26,27). The van der Waals surface area contributed by atoms with Crippen LogP contribution in [0.5, 0.6) is 0 Å². The number of alkyl halides is 3. The zero-order chi connectivity index (χ0) is 19.9.